The molecule has 0 bridgehead atoms. The minimum Gasteiger partial charge on any atom is -0.456 e. The van der Waals surface area contributed by atoms with E-state index in [2.05, 4.69) is 191 Å². The second-order valence-electron chi connectivity index (χ2n) is 17.6. The van der Waals surface area contributed by atoms with E-state index >= 15 is 0 Å². The maximum Gasteiger partial charge on any atom is 0.164 e. The minimum atomic E-state index is -0.0991. The van der Waals surface area contributed by atoms with E-state index in [1.165, 1.54) is 44.5 Å². The van der Waals surface area contributed by atoms with Crippen molar-refractivity contribution < 1.29 is 4.42 Å². The van der Waals surface area contributed by atoms with Crippen LogP contribution in [0.1, 0.15) is 49.9 Å². The summed E-state index contributed by atoms with van der Waals surface area (Å²) in [5.74, 6) is 1.84. The predicted molar refractivity (Wildman–Crippen MR) is 249 cm³/mol. The summed E-state index contributed by atoms with van der Waals surface area (Å²) >= 11 is 0. The van der Waals surface area contributed by atoms with E-state index in [1.54, 1.807) is 0 Å². The summed E-state index contributed by atoms with van der Waals surface area (Å²) in [6.07, 6.45) is 0. The fourth-order valence-electron chi connectivity index (χ4n) is 10.2. The van der Waals surface area contributed by atoms with Gasteiger partial charge in [-0.1, -0.05) is 167 Å². The number of aromatic nitrogens is 3. The second-order valence-corrected chi connectivity index (χ2v) is 17.6. The maximum atomic E-state index is 6.57. The van der Waals surface area contributed by atoms with Crippen molar-refractivity contribution >= 4 is 21.9 Å². The fraction of sp³-hybridized carbons (Fsp3) is 0.105. The molecule has 10 aromatic rings. The molecule has 12 rings (SSSR count). The average Bonchev–Trinajstić information content (AvgIpc) is 3.88. The maximum absolute atomic E-state index is 6.57. The van der Waals surface area contributed by atoms with Crippen LogP contribution >= 0.6 is 0 Å². The molecule has 2 aromatic heterocycles. The smallest absolute Gasteiger partial charge is 0.164 e. The van der Waals surface area contributed by atoms with Gasteiger partial charge in [0, 0.05) is 38.3 Å². The molecule has 0 atom stereocenters. The molecule has 0 N–H and O–H groups in total. The van der Waals surface area contributed by atoms with Crippen molar-refractivity contribution in [2.24, 2.45) is 0 Å². The Morgan fingerprint density at radius 2 is 0.787 bits per heavy atom. The van der Waals surface area contributed by atoms with Crippen LogP contribution in [0.15, 0.2) is 180 Å². The Kier molecular flexibility index (Phi) is 7.59. The van der Waals surface area contributed by atoms with Gasteiger partial charge in [0.15, 0.2) is 17.5 Å². The average molecular weight is 784 g/mol. The molecular weight excluding hydrogens is 743 g/mol. The highest BCUT2D eigenvalue weighted by Gasteiger charge is 2.36. The summed E-state index contributed by atoms with van der Waals surface area (Å²) in [5, 5.41) is 2.16. The van der Waals surface area contributed by atoms with Gasteiger partial charge in [-0.05, 0) is 103 Å². The summed E-state index contributed by atoms with van der Waals surface area (Å²) in [4.78, 5) is 15.7. The van der Waals surface area contributed by atoms with Crippen LogP contribution in [0.3, 0.4) is 0 Å². The Labute approximate surface area is 355 Å². The zero-order valence-corrected chi connectivity index (χ0v) is 34.5. The molecule has 2 heterocycles. The van der Waals surface area contributed by atoms with E-state index in [9.17, 15) is 0 Å². The molecule has 61 heavy (non-hydrogen) atoms. The monoisotopic (exact) mass is 783 g/mol. The Hall–Kier alpha value is -7.43. The molecule has 4 nitrogen and oxygen atoms in total. The van der Waals surface area contributed by atoms with Crippen LogP contribution in [-0.2, 0) is 10.8 Å². The first kappa shape index (κ1) is 35.5. The molecule has 0 spiro atoms. The van der Waals surface area contributed by atoms with E-state index in [4.69, 9.17) is 19.4 Å². The topological polar surface area (TPSA) is 51.8 Å². The van der Waals surface area contributed by atoms with Crippen LogP contribution in [-0.4, -0.2) is 15.0 Å². The highest BCUT2D eigenvalue weighted by atomic mass is 16.3. The van der Waals surface area contributed by atoms with Crippen molar-refractivity contribution in [3.63, 3.8) is 0 Å². The van der Waals surface area contributed by atoms with Gasteiger partial charge in [-0.15, -0.1) is 0 Å². The molecule has 4 heteroatoms. The van der Waals surface area contributed by atoms with Crippen LogP contribution in [0, 0.1) is 0 Å². The lowest BCUT2D eigenvalue weighted by atomic mass is 9.82. The summed E-state index contributed by atoms with van der Waals surface area (Å²) in [7, 11) is 0. The zero-order valence-electron chi connectivity index (χ0n) is 34.5. The van der Waals surface area contributed by atoms with Gasteiger partial charge in [-0.3, -0.25) is 0 Å². The molecular formula is C57H41N3O. The Morgan fingerprint density at radius 3 is 1.46 bits per heavy atom. The normalized spacial score (nSPS) is 14.2. The molecule has 290 valence electrons. The third kappa shape index (κ3) is 5.41. The van der Waals surface area contributed by atoms with Gasteiger partial charge in [0.1, 0.15) is 11.2 Å². The van der Waals surface area contributed by atoms with Crippen molar-refractivity contribution in [1.82, 2.24) is 15.0 Å². The van der Waals surface area contributed by atoms with Gasteiger partial charge in [0.05, 0.1) is 0 Å². The Morgan fingerprint density at radius 1 is 0.328 bits per heavy atom. The SMILES string of the molecule is CC1(C)c2ccccc2-c2cc(-c3cccc(-c4nc(-c5ccc6c(c5)-c5ccccc5C6(C)C)nc(-c5ccc6c(c5)oc5cccc(-c7ccccc7)c56)n4)c3)ccc21. The van der Waals surface area contributed by atoms with Crippen molar-refractivity contribution in [3.8, 4) is 78.7 Å². The van der Waals surface area contributed by atoms with Gasteiger partial charge in [-0.2, -0.15) is 0 Å². The highest BCUT2D eigenvalue weighted by molar-refractivity contribution is 6.13. The zero-order chi connectivity index (χ0) is 41.0. The Bertz CT molecular complexity index is 3430. The predicted octanol–water partition coefficient (Wildman–Crippen LogP) is 14.7. The number of hydrogen-bond acceptors (Lipinski definition) is 4. The number of hydrogen-bond donors (Lipinski definition) is 0. The lowest BCUT2D eigenvalue weighted by molar-refractivity contribution is 0.660. The summed E-state index contributed by atoms with van der Waals surface area (Å²) in [5.41, 5.74) is 19.3. The van der Waals surface area contributed by atoms with Crippen LogP contribution in [0.5, 0.6) is 0 Å². The molecule has 0 amide bonds. The summed E-state index contributed by atoms with van der Waals surface area (Å²) < 4.78 is 6.57. The summed E-state index contributed by atoms with van der Waals surface area (Å²) in [6, 6.07) is 62.8. The third-order valence-electron chi connectivity index (χ3n) is 13.4. The molecule has 0 saturated heterocycles. The largest absolute Gasteiger partial charge is 0.456 e. The van der Waals surface area contributed by atoms with Crippen LogP contribution in [0.4, 0.5) is 0 Å². The number of furan rings is 1. The van der Waals surface area contributed by atoms with Crippen LogP contribution in [0.2, 0.25) is 0 Å². The summed E-state index contributed by atoms with van der Waals surface area (Å²) in [6.45, 7) is 9.26. The first-order chi connectivity index (χ1) is 29.7. The van der Waals surface area contributed by atoms with Gasteiger partial charge >= 0.3 is 0 Å². The fourth-order valence-corrected chi connectivity index (χ4v) is 10.2. The molecule has 0 saturated carbocycles. The number of fused-ring (bicyclic) bond motifs is 9. The standard InChI is InChI=1S/C57H41N3O/c1-56(2)46-21-10-8-18-41(46)44-31-36(25-28-48(44)56)35-16-12-17-37(30-35)53-58-54(38-26-29-49-45(32-38)42-19-9-11-22-47(42)57(49,3)4)60-55(59-53)39-24-27-43-51(33-39)61-50-23-13-20-40(52(43)50)34-14-6-5-7-15-34/h5-33H,1-4H3. The van der Waals surface area contributed by atoms with E-state index in [0.717, 1.165) is 60.9 Å². The van der Waals surface area contributed by atoms with Crippen molar-refractivity contribution in [2.75, 3.05) is 0 Å². The van der Waals surface area contributed by atoms with E-state index < -0.39 is 0 Å². The molecule has 0 fully saturated rings. The molecule has 0 radical (unpaired) electrons. The minimum absolute atomic E-state index is 0.0467. The lowest BCUT2D eigenvalue weighted by Crippen LogP contribution is -2.14. The second kappa shape index (κ2) is 13.0. The lowest BCUT2D eigenvalue weighted by Gasteiger charge is -2.21. The highest BCUT2D eigenvalue weighted by Crippen LogP contribution is 2.51. The molecule has 2 aliphatic carbocycles. The van der Waals surface area contributed by atoms with Gasteiger partial charge in [0.2, 0.25) is 0 Å². The van der Waals surface area contributed by atoms with E-state index in [-0.39, 0.29) is 10.8 Å². The van der Waals surface area contributed by atoms with E-state index in [0.29, 0.717) is 17.5 Å². The van der Waals surface area contributed by atoms with Crippen molar-refractivity contribution in [3.05, 3.63) is 198 Å². The molecule has 0 unspecified atom stereocenters. The third-order valence-corrected chi connectivity index (χ3v) is 13.4. The van der Waals surface area contributed by atoms with Crippen molar-refractivity contribution in [2.45, 2.75) is 38.5 Å². The molecule has 2 aliphatic rings. The first-order valence-corrected chi connectivity index (χ1v) is 21.1. The number of rotatable bonds is 5. The van der Waals surface area contributed by atoms with Crippen LogP contribution < -0.4 is 0 Å². The van der Waals surface area contributed by atoms with Gasteiger partial charge < -0.3 is 4.42 Å². The molecule has 8 aromatic carbocycles. The Balaban J connectivity index is 1.01. The molecule has 0 aliphatic heterocycles. The van der Waals surface area contributed by atoms with Crippen LogP contribution in [0.25, 0.3) is 101 Å². The number of nitrogens with zero attached hydrogens (tertiary/aromatic N) is 3. The van der Waals surface area contributed by atoms with Gasteiger partial charge in [-0.25, -0.2) is 15.0 Å². The van der Waals surface area contributed by atoms with E-state index in [1.807, 2.05) is 12.1 Å². The van der Waals surface area contributed by atoms with Gasteiger partial charge in [0.25, 0.3) is 0 Å². The first-order valence-electron chi connectivity index (χ1n) is 21.1. The number of benzene rings is 8. The van der Waals surface area contributed by atoms with Crippen molar-refractivity contribution in [1.29, 1.82) is 0 Å². The quantitative estimate of drug-likeness (QED) is 0.174.